The highest BCUT2D eigenvalue weighted by molar-refractivity contribution is 5.61. The predicted octanol–water partition coefficient (Wildman–Crippen LogP) is 4.02. The van der Waals surface area contributed by atoms with E-state index in [0.29, 0.717) is 13.0 Å². The summed E-state index contributed by atoms with van der Waals surface area (Å²) in [4.78, 5) is 0. The fourth-order valence-corrected chi connectivity index (χ4v) is 1.24. The van der Waals surface area contributed by atoms with Gasteiger partial charge in [0.1, 0.15) is 0 Å². The zero-order chi connectivity index (χ0) is 12.9. The van der Waals surface area contributed by atoms with E-state index in [0.717, 1.165) is 0 Å². The standard InChI is InChI=1S/C12H13F3O2/c1-3-8-16-10-7-5-6-9(4-2)11(10)17-12(13,14)15/h4-7H,2-3,8H2,1H3. The topological polar surface area (TPSA) is 18.5 Å². The van der Waals surface area contributed by atoms with Gasteiger partial charge in [-0.15, -0.1) is 13.2 Å². The Morgan fingerprint density at radius 2 is 2.06 bits per heavy atom. The summed E-state index contributed by atoms with van der Waals surface area (Å²) in [5.74, 6) is -0.273. The molecule has 17 heavy (non-hydrogen) atoms. The molecule has 0 N–H and O–H groups in total. The molecule has 94 valence electrons. The lowest BCUT2D eigenvalue weighted by Crippen LogP contribution is -2.18. The molecule has 5 heteroatoms. The van der Waals surface area contributed by atoms with Crippen molar-refractivity contribution in [3.05, 3.63) is 30.3 Å². The number of benzene rings is 1. The molecule has 0 aliphatic rings. The normalized spacial score (nSPS) is 11.1. The van der Waals surface area contributed by atoms with E-state index in [1.165, 1.54) is 18.2 Å². The minimum atomic E-state index is -4.75. The molecular formula is C12H13F3O2. The van der Waals surface area contributed by atoms with E-state index >= 15 is 0 Å². The van der Waals surface area contributed by atoms with Gasteiger partial charge in [-0.25, -0.2) is 0 Å². The van der Waals surface area contributed by atoms with Crippen molar-refractivity contribution in [1.82, 2.24) is 0 Å². The number of hydrogen-bond acceptors (Lipinski definition) is 2. The molecule has 0 radical (unpaired) electrons. The van der Waals surface area contributed by atoms with Crippen LogP contribution < -0.4 is 9.47 Å². The first kappa shape index (κ1) is 13.4. The van der Waals surface area contributed by atoms with Gasteiger partial charge < -0.3 is 9.47 Å². The fourth-order valence-electron chi connectivity index (χ4n) is 1.24. The number of rotatable bonds is 5. The maximum Gasteiger partial charge on any atom is 0.573 e. The second-order valence-corrected chi connectivity index (χ2v) is 3.27. The van der Waals surface area contributed by atoms with Gasteiger partial charge in [0.05, 0.1) is 6.61 Å². The second-order valence-electron chi connectivity index (χ2n) is 3.27. The van der Waals surface area contributed by atoms with Crippen LogP contribution in [0.1, 0.15) is 18.9 Å². The first-order valence-corrected chi connectivity index (χ1v) is 5.12. The molecule has 1 rings (SSSR count). The zero-order valence-electron chi connectivity index (χ0n) is 9.38. The lowest BCUT2D eigenvalue weighted by Gasteiger charge is -2.15. The molecule has 0 aromatic heterocycles. The Morgan fingerprint density at radius 1 is 1.35 bits per heavy atom. The van der Waals surface area contributed by atoms with Crippen LogP contribution in [0.2, 0.25) is 0 Å². The number of para-hydroxylation sites is 1. The van der Waals surface area contributed by atoms with Crippen molar-refractivity contribution < 1.29 is 22.6 Å². The van der Waals surface area contributed by atoms with E-state index in [-0.39, 0.29) is 17.1 Å². The Kier molecular flexibility index (Phi) is 4.43. The van der Waals surface area contributed by atoms with Gasteiger partial charge >= 0.3 is 6.36 Å². The lowest BCUT2D eigenvalue weighted by molar-refractivity contribution is -0.275. The van der Waals surface area contributed by atoms with Gasteiger partial charge in [-0.3, -0.25) is 0 Å². The molecule has 0 aliphatic heterocycles. The molecule has 1 aromatic rings. The van der Waals surface area contributed by atoms with Crippen LogP contribution in [0.5, 0.6) is 11.5 Å². The van der Waals surface area contributed by atoms with E-state index in [1.54, 1.807) is 6.07 Å². The van der Waals surface area contributed by atoms with Crippen molar-refractivity contribution in [1.29, 1.82) is 0 Å². The van der Waals surface area contributed by atoms with Gasteiger partial charge in [-0.05, 0) is 12.5 Å². The lowest BCUT2D eigenvalue weighted by atomic mass is 10.2. The minimum absolute atomic E-state index is 0.0709. The Labute approximate surface area is 97.7 Å². The Hall–Kier alpha value is -1.65. The van der Waals surface area contributed by atoms with E-state index in [2.05, 4.69) is 11.3 Å². The summed E-state index contributed by atoms with van der Waals surface area (Å²) in [6.07, 6.45) is -2.76. The van der Waals surface area contributed by atoms with Crippen molar-refractivity contribution in [2.45, 2.75) is 19.7 Å². The van der Waals surface area contributed by atoms with Crippen LogP contribution in [0.3, 0.4) is 0 Å². The highest BCUT2D eigenvalue weighted by Gasteiger charge is 2.33. The largest absolute Gasteiger partial charge is 0.573 e. The van der Waals surface area contributed by atoms with Crippen molar-refractivity contribution in [2.75, 3.05) is 6.61 Å². The molecule has 0 saturated heterocycles. The molecule has 0 saturated carbocycles. The summed E-state index contributed by atoms with van der Waals surface area (Å²) >= 11 is 0. The van der Waals surface area contributed by atoms with E-state index < -0.39 is 6.36 Å². The maximum atomic E-state index is 12.2. The van der Waals surface area contributed by atoms with E-state index in [4.69, 9.17) is 4.74 Å². The summed E-state index contributed by atoms with van der Waals surface area (Å²) in [5.41, 5.74) is 0.246. The third kappa shape index (κ3) is 4.01. The maximum absolute atomic E-state index is 12.2. The van der Waals surface area contributed by atoms with Crippen molar-refractivity contribution in [3.8, 4) is 11.5 Å². The van der Waals surface area contributed by atoms with Crippen LogP contribution in [0.15, 0.2) is 24.8 Å². The predicted molar refractivity (Wildman–Crippen MR) is 59.0 cm³/mol. The van der Waals surface area contributed by atoms with Gasteiger partial charge in [0.15, 0.2) is 11.5 Å². The molecular weight excluding hydrogens is 233 g/mol. The smallest absolute Gasteiger partial charge is 0.490 e. The van der Waals surface area contributed by atoms with Crippen LogP contribution in [-0.2, 0) is 0 Å². The molecule has 0 spiro atoms. The van der Waals surface area contributed by atoms with Crippen LogP contribution in [0.4, 0.5) is 13.2 Å². The molecule has 0 unspecified atom stereocenters. The summed E-state index contributed by atoms with van der Waals surface area (Å²) in [6.45, 7) is 5.63. The van der Waals surface area contributed by atoms with Crippen LogP contribution in [-0.4, -0.2) is 13.0 Å². The summed E-state index contributed by atoms with van der Waals surface area (Å²) in [7, 11) is 0. The quantitative estimate of drug-likeness (QED) is 0.781. The molecule has 0 amide bonds. The monoisotopic (exact) mass is 246 g/mol. The molecule has 0 fully saturated rings. The van der Waals surface area contributed by atoms with Crippen LogP contribution >= 0.6 is 0 Å². The van der Waals surface area contributed by atoms with Gasteiger partial charge in [-0.2, -0.15) is 0 Å². The number of halogens is 3. The Morgan fingerprint density at radius 3 is 2.59 bits per heavy atom. The Bertz CT molecular complexity index is 386. The molecule has 0 aliphatic carbocycles. The number of ether oxygens (including phenoxy) is 2. The molecule has 0 bridgehead atoms. The van der Waals surface area contributed by atoms with Crippen molar-refractivity contribution in [2.24, 2.45) is 0 Å². The molecule has 2 nitrogen and oxygen atoms in total. The molecule has 0 atom stereocenters. The third-order valence-corrected chi connectivity index (χ3v) is 1.91. The fraction of sp³-hybridized carbons (Fsp3) is 0.333. The summed E-state index contributed by atoms with van der Waals surface area (Å²) in [6, 6.07) is 4.50. The molecule has 0 heterocycles. The minimum Gasteiger partial charge on any atom is -0.490 e. The van der Waals surface area contributed by atoms with Gasteiger partial charge in [0.25, 0.3) is 0 Å². The number of alkyl halides is 3. The zero-order valence-corrected chi connectivity index (χ0v) is 9.38. The van der Waals surface area contributed by atoms with E-state index in [1.807, 2.05) is 6.92 Å². The Balaban J connectivity index is 3.06. The second kappa shape index (κ2) is 5.61. The highest BCUT2D eigenvalue weighted by Crippen LogP contribution is 2.36. The molecule has 1 aromatic carbocycles. The van der Waals surface area contributed by atoms with Gasteiger partial charge in [0.2, 0.25) is 0 Å². The average molecular weight is 246 g/mol. The van der Waals surface area contributed by atoms with Crippen LogP contribution in [0.25, 0.3) is 6.08 Å². The van der Waals surface area contributed by atoms with E-state index in [9.17, 15) is 13.2 Å². The SMILES string of the molecule is C=Cc1cccc(OCCC)c1OC(F)(F)F. The highest BCUT2D eigenvalue weighted by atomic mass is 19.4. The van der Waals surface area contributed by atoms with Gasteiger partial charge in [0, 0.05) is 5.56 Å². The van der Waals surface area contributed by atoms with Crippen molar-refractivity contribution in [3.63, 3.8) is 0 Å². The number of hydrogen-bond donors (Lipinski definition) is 0. The van der Waals surface area contributed by atoms with Gasteiger partial charge in [-0.1, -0.05) is 31.7 Å². The summed E-state index contributed by atoms with van der Waals surface area (Å²) in [5, 5.41) is 0. The van der Waals surface area contributed by atoms with Crippen LogP contribution in [0, 0.1) is 0 Å². The van der Waals surface area contributed by atoms with Crippen molar-refractivity contribution >= 4 is 6.08 Å². The first-order valence-electron chi connectivity index (χ1n) is 5.12. The average Bonchev–Trinajstić information content (AvgIpc) is 2.25. The third-order valence-electron chi connectivity index (χ3n) is 1.91. The summed E-state index contributed by atoms with van der Waals surface area (Å²) < 4.78 is 45.9. The first-order chi connectivity index (χ1) is 7.98.